The molecule has 4 N–H and O–H groups in total. The van der Waals surface area contributed by atoms with Crippen LogP contribution in [-0.4, -0.2) is 33.7 Å². The molecule has 4 atom stereocenters. The molecule has 1 fully saturated rings. The number of Topliss-reactive ketones (excluding diaryl/α,β-unsaturated/α-hetero) is 1. The molecular weight excluding hydrogens is 446 g/mol. The second-order valence-electron chi connectivity index (χ2n) is 10.3. The van der Waals surface area contributed by atoms with Crippen LogP contribution in [0.25, 0.3) is 0 Å². The van der Waals surface area contributed by atoms with Crippen molar-refractivity contribution >= 4 is 17.5 Å². The summed E-state index contributed by atoms with van der Waals surface area (Å²) in [5.41, 5.74) is 6.41. The third-order valence-corrected chi connectivity index (χ3v) is 8.24. The van der Waals surface area contributed by atoms with E-state index in [1.807, 2.05) is 56.3 Å². The summed E-state index contributed by atoms with van der Waals surface area (Å²) in [6, 6.07) is 15.6. The van der Waals surface area contributed by atoms with Gasteiger partial charge in [0, 0.05) is 10.5 Å². The molecule has 1 aliphatic carbocycles. The van der Waals surface area contributed by atoms with E-state index >= 15 is 0 Å². The first kappa shape index (κ1) is 25.2. The Kier molecular flexibility index (Phi) is 8.03. The SMILES string of the molecule is CC(C)CC(O)[C@H](O)[C@@](N)(CC1CCCCC1)C(=O)c1cccc2c1OC2Sc1ccccc1. The largest absolute Gasteiger partial charge is 0.473 e. The molecule has 4 rings (SSSR count). The first-order valence-electron chi connectivity index (χ1n) is 12.5. The summed E-state index contributed by atoms with van der Waals surface area (Å²) < 4.78 is 6.07. The van der Waals surface area contributed by atoms with Crippen molar-refractivity contribution in [2.75, 3.05) is 0 Å². The lowest BCUT2D eigenvalue weighted by atomic mass is 9.71. The zero-order chi connectivity index (χ0) is 24.3. The highest BCUT2D eigenvalue weighted by Crippen LogP contribution is 2.51. The Hall–Kier alpha value is -1.86. The van der Waals surface area contributed by atoms with E-state index in [2.05, 4.69) is 0 Å². The topological polar surface area (TPSA) is 92.8 Å². The zero-order valence-electron chi connectivity index (χ0n) is 20.2. The van der Waals surface area contributed by atoms with Crippen LogP contribution >= 0.6 is 11.8 Å². The number of ketones is 1. The third-order valence-electron chi connectivity index (χ3n) is 7.13. The fraction of sp³-hybridized carbons (Fsp3) is 0.536. The first-order valence-corrected chi connectivity index (χ1v) is 13.4. The molecule has 5 nitrogen and oxygen atoms in total. The molecule has 34 heavy (non-hydrogen) atoms. The Balaban J connectivity index is 1.60. The molecule has 2 aliphatic rings. The number of carbonyl (C=O) groups excluding carboxylic acids is 1. The molecular formula is C28H37NO4S. The van der Waals surface area contributed by atoms with E-state index in [-0.39, 0.29) is 23.1 Å². The number of benzene rings is 2. The van der Waals surface area contributed by atoms with E-state index in [4.69, 9.17) is 10.5 Å². The van der Waals surface area contributed by atoms with E-state index < -0.39 is 17.7 Å². The van der Waals surface area contributed by atoms with Crippen LogP contribution in [0.2, 0.25) is 0 Å². The van der Waals surface area contributed by atoms with Gasteiger partial charge in [-0.15, -0.1) is 0 Å². The molecule has 2 aromatic carbocycles. The summed E-state index contributed by atoms with van der Waals surface area (Å²) in [6.07, 6.45) is 3.77. The molecule has 0 amide bonds. The van der Waals surface area contributed by atoms with E-state index in [9.17, 15) is 15.0 Å². The number of fused-ring (bicyclic) bond motifs is 1. The van der Waals surface area contributed by atoms with Gasteiger partial charge in [0.15, 0.2) is 11.2 Å². The van der Waals surface area contributed by atoms with E-state index in [0.29, 0.717) is 24.2 Å². The minimum Gasteiger partial charge on any atom is -0.473 e. The lowest BCUT2D eigenvalue weighted by Crippen LogP contribution is -2.62. The molecule has 0 radical (unpaired) electrons. The fourth-order valence-electron chi connectivity index (χ4n) is 5.30. The number of aliphatic hydroxyl groups is 2. The second-order valence-corrected chi connectivity index (χ2v) is 11.5. The quantitative estimate of drug-likeness (QED) is 0.387. The van der Waals surface area contributed by atoms with Gasteiger partial charge < -0.3 is 20.7 Å². The first-order chi connectivity index (χ1) is 16.3. The van der Waals surface area contributed by atoms with Crippen LogP contribution in [-0.2, 0) is 0 Å². The molecule has 2 aromatic rings. The maximum absolute atomic E-state index is 14.0. The van der Waals surface area contributed by atoms with E-state index in [0.717, 1.165) is 36.1 Å². The van der Waals surface area contributed by atoms with Gasteiger partial charge in [-0.2, -0.15) is 0 Å². The van der Waals surface area contributed by atoms with Crippen LogP contribution in [0.15, 0.2) is 53.4 Å². The fourth-order valence-corrected chi connectivity index (χ4v) is 6.31. The molecule has 184 valence electrons. The highest BCUT2D eigenvalue weighted by Gasteiger charge is 2.48. The summed E-state index contributed by atoms with van der Waals surface area (Å²) in [6.45, 7) is 3.96. The van der Waals surface area contributed by atoms with Crippen LogP contribution in [0.1, 0.15) is 80.2 Å². The number of ether oxygens (including phenoxy) is 1. The smallest absolute Gasteiger partial charge is 0.189 e. The molecule has 1 heterocycles. The number of carbonyl (C=O) groups is 1. The average Bonchev–Trinajstić information content (AvgIpc) is 2.82. The number of hydrogen-bond acceptors (Lipinski definition) is 6. The van der Waals surface area contributed by atoms with Crippen LogP contribution < -0.4 is 10.5 Å². The van der Waals surface area contributed by atoms with Gasteiger partial charge in [-0.1, -0.05) is 88.0 Å². The highest BCUT2D eigenvalue weighted by molar-refractivity contribution is 7.99. The molecule has 0 saturated heterocycles. The number of nitrogens with two attached hydrogens (primary N) is 1. The van der Waals surface area contributed by atoms with Gasteiger partial charge in [-0.3, -0.25) is 4.79 Å². The van der Waals surface area contributed by atoms with Crippen molar-refractivity contribution < 1.29 is 19.7 Å². The van der Waals surface area contributed by atoms with Crippen LogP contribution in [0.3, 0.4) is 0 Å². The summed E-state index contributed by atoms with van der Waals surface area (Å²) in [5, 5.41) is 22.0. The normalized spacial score (nSPS) is 21.6. The highest BCUT2D eigenvalue weighted by atomic mass is 32.2. The van der Waals surface area contributed by atoms with Crippen molar-refractivity contribution in [1.82, 2.24) is 0 Å². The third kappa shape index (κ3) is 5.35. The molecule has 2 unspecified atom stereocenters. The van der Waals surface area contributed by atoms with Gasteiger partial charge in [-0.25, -0.2) is 0 Å². The van der Waals surface area contributed by atoms with Crippen LogP contribution in [0.5, 0.6) is 5.75 Å². The van der Waals surface area contributed by atoms with E-state index in [1.54, 1.807) is 17.8 Å². The molecule has 0 aromatic heterocycles. The number of rotatable bonds is 10. The Morgan fingerprint density at radius 1 is 1.09 bits per heavy atom. The van der Waals surface area contributed by atoms with Crippen molar-refractivity contribution in [3.63, 3.8) is 0 Å². The Bertz CT molecular complexity index is 976. The standard InChI is InChI=1S/C28H37NO4S/c1-18(2)16-23(30)26(32)28(29,17-19-10-5-3-6-11-19)25(31)21-14-9-15-22-24(21)33-27(22)34-20-12-7-4-8-13-20/h4,7-9,12-15,18-19,23,26-27,30,32H,3,5-6,10-11,16-17,29H2,1-2H3/t23?,26-,27?,28+/m0/s1. The number of hydrogen-bond donors (Lipinski definition) is 3. The Morgan fingerprint density at radius 3 is 2.47 bits per heavy atom. The van der Waals surface area contributed by atoms with Crippen molar-refractivity contribution in [2.24, 2.45) is 17.6 Å². The summed E-state index contributed by atoms with van der Waals surface area (Å²) in [7, 11) is 0. The average molecular weight is 484 g/mol. The summed E-state index contributed by atoms with van der Waals surface area (Å²) >= 11 is 1.59. The van der Waals surface area contributed by atoms with Crippen molar-refractivity contribution in [2.45, 2.75) is 86.9 Å². The van der Waals surface area contributed by atoms with Gasteiger partial charge in [0.1, 0.15) is 17.4 Å². The zero-order valence-corrected chi connectivity index (χ0v) is 21.0. The molecule has 1 aliphatic heterocycles. The molecule has 0 bridgehead atoms. The number of thioether (sulfide) groups is 1. The van der Waals surface area contributed by atoms with Crippen molar-refractivity contribution in [3.05, 3.63) is 59.7 Å². The van der Waals surface area contributed by atoms with Gasteiger partial charge >= 0.3 is 0 Å². The van der Waals surface area contributed by atoms with Crippen LogP contribution in [0, 0.1) is 11.8 Å². The number of para-hydroxylation sites is 1. The Labute approximate surface area is 207 Å². The monoisotopic (exact) mass is 483 g/mol. The van der Waals surface area contributed by atoms with Gasteiger partial charge in [0.2, 0.25) is 0 Å². The van der Waals surface area contributed by atoms with Crippen molar-refractivity contribution in [1.29, 1.82) is 0 Å². The predicted molar refractivity (Wildman–Crippen MR) is 136 cm³/mol. The lowest BCUT2D eigenvalue weighted by Gasteiger charge is -2.40. The predicted octanol–water partition coefficient (Wildman–Crippen LogP) is 5.49. The Morgan fingerprint density at radius 2 is 1.79 bits per heavy atom. The maximum Gasteiger partial charge on any atom is 0.189 e. The molecule has 0 spiro atoms. The van der Waals surface area contributed by atoms with Crippen molar-refractivity contribution in [3.8, 4) is 5.75 Å². The maximum atomic E-state index is 14.0. The summed E-state index contributed by atoms with van der Waals surface area (Å²) in [5.74, 6) is 0.648. The van der Waals surface area contributed by atoms with E-state index in [1.165, 1.54) is 6.42 Å². The molecule has 1 saturated carbocycles. The molecule has 6 heteroatoms. The van der Waals surface area contributed by atoms with Gasteiger partial charge in [0.25, 0.3) is 0 Å². The van der Waals surface area contributed by atoms with Crippen LogP contribution in [0.4, 0.5) is 0 Å². The minimum absolute atomic E-state index is 0.176. The summed E-state index contributed by atoms with van der Waals surface area (Å²) in [4.78, 5) is 15.1. The second kappa shape index (κ2) is 10.8. The van der Waals surface area contributed by atoms with Gasteiger partial charge in [-0.05, 0) is 42.9 Å². The lowest BCUT2D eigenvalue weighted by molar-refractivity contribution is -0.0374. The number of aliphatic hydroxyl groups excluding tert-OH is 2. The minimum atomic E-state index is -1.56. The van der Waals surface area contributed by atoms with Gasteiger partial charge in [0.05, 0.1) is 11.7 Å².